The lowest BCUT2D eigenvalue weighted by Crippen LogP contribution is -2.47. The first kappa shape index (κ1) is 25.8. The molecule has 5 nitrogen and oxygen atoms in total. The summed E-state index contributed by atoms with van der Waals surface area (Å²) in [7, 11) is 0. The number of benzene rings is 3. The van der Waals surface area contributed by atoms with Crippen LogP contribution in [0.5, 0.6) is 5.75 Å². The monoisotopic (exact) mass is 564 g/mol. The molecule has 1 saturated heterocycles. The van der Waals surface area contributed by atoms with Crippen molar-refractivity contribution in [3.05, 3.63) is 82.8 Å². The number of carbonyl (C=O) groups is 2. The maximum absolute atomic E-state index is 13.0. The SMILES string of the molecule is CCN1C(=O)/C(=C/c2ccc(O[C@@H](NC(=O)c3cccc4ccccc34)C(Cl)(Cl)Cl)cc2)SC1=S. The van der Waals surface area contributed by atoms with Crippen LogP contribution in [0.25, 0.3) is 16.8 Å². The molecule has 1 atom stereocenters. The average molecular weight is 566 g/mol. The molecular formula is C25H19Cl3N2O3S2. The minimum absolute atomic E-state index is 0.116. The standard InChI is InChI=1S/C25H19Cl3N2O3S2/c1-2-30-22(32)20(35-24(30)34)14-15-10-12-17(13-11-15)33-23(25(26,27)28)29-21(31)19-9-5-7-16-6-3-4-8-18(16)19/h3-14,23H,2H2,1H3,(H,29,31)/b20-14-/t23-/m1/s1. The summed E-state index contributed by atoms with van der Waals surface area (Å²) in [5.74, 6) is -0.180. The van der Waals surface area contributed by atoms with Crippen molar-refractivity contribution in [3.8, 4) is 5.75 Å². The third-order valence-corrected chi connectivity index (χ3v) is 7.19. The summed E-state index contributed by atoms with van der Waals surface area (Å²) in [6.45, 7) is 2.40. The van der Waals surface area contributed by atoms with Gasteiger partial charge in [-0.25, -0.2) is 0 Å². The molecule has 2 amide bonds. The van der Waals surface area contributed by atoms with Crippen LogP contribution < -0.4 is 10.1 Å². The van der Waals surface area contributed by atoms with Crippen LogP contribution in [0, 0.1) is 0 Å². The molecule has 0 radical (unpaired) electrons. The Labute approximate surface area is 227 Å². The maximum Gasteiger partial charge on any atom is 0.266 e. The third-order valence-electron chi connectivity index (χ3n) is 5.22. The molecular weight excluding hydrogens is 547 g/mol. The van der Waals surface area contributed by atoms with Gasteiger partial charge in [0.05, 0.1) is 4.91 Å². The van der Waals surface area contributed by atoms with Crippen molar-refractivity contribution >= 4 is 91.8 Å². The minimum atomic E-state index is -1.94. The zero-order chi connectivity index (χ0) is 25.2. The zero-order valence-corrected chi connectivity index (χ0v) is 22.2. The second kappa shape index (κ2) is 10.8. The number of amides is 2. The first-order valence-electron chi connectivity index (χ1n) is 10.5. The average Bonchev–Trinajstić information content (AvgIpc) is 3.10. The Bertz CT molecular complexity index is 1320. The normalized spacial score (nSPS) is 16.1. The summed E-state index contributed by atoms with van der Waals surface area (Å²) in [5.41, 5.74) is 1.21. The third kappa shape index (κ3) is 5.93. The van der Waals surface area contributed by atoms with Gasteiger partial charge in [-0.15, -0.1) is 0 Å². The molecule has 0 spiro atoms. The van der Waals surface area contributed by atoms with Crippen LogP contribution in [-0.2, 0) is 4.79 Å². The number of hydrogen-bond donors (Lipinski definition) is 1. The Morgan fingerprint density at radius 1 is 1.11 bits per heavy atom. The van der Waals surface area contributed by atoms with Crippen LogP contribution >= 0.6 is 58.8 Å². The van der Waals surface area contributed by atoms with Crippen molar-refractivity contribution in [1.29, 1.82) is 0 Å². The van der Waals surface area contributed by atoms with E-state index in [-0.39, 0.29) is 5.91 Å². The fraction of sp³-hybridized carbons (Fsp3) is 0.160. The van der Waals surface area contributed by atoms with E-state index in [1.54, 1.807) is 47.4 Å². The van der Waals surface area contributed by atoms with Crippen LogP contribution in [-0.4, -0.2) is 37.6 Å². The Hall–Kier alpha value is -2.29. The molecule has 1 heterocycles. The first-order valence-corrected chi connectivity index (χ1v) is 12.9. The smallest absolute Gasteiger partial charge is 0.266 e. The molecule has 180 valence electrons. The van der Waals surface area contributed by atoms with Gasteiger partial charge < -0.3 is 10.1 Å². The van der Waals surface area contributed by atoms with E-state index in [9.17, 15) is 9.59 Å². The number of hydrogen-bond acceptors (Lipinski definition) is 5. The number of halogens is 3. The summed E-state index contributed by atoms with van der Waals surface area (Å²) < 4.78 is 4.43. The number of thiocarbonyl (C=S) groups is 1. The summed E-state index contributed by atoms with van der Waals surface area (Å²) in [4.78, 5) is 27.6. The van der Waals surface area contributed by atoms with Gasteiger partial charge in [-0.1, -0.05) is 107 Å². The van der Waals surface area contributed by atoms with Gasteiger partial charge in [0.25, 0.3) is 11.8 Å². The van der Waals surface area contributed by atoms with Crippen LogP contribution in [0.2, 0.25) is 0 Å². The van der Waals surface area contributed by atoms with Gasteiger partial charge >= 0.3 is 0 Å². The molecule has 0 bridgehead atoms. The van der Waals surface area contributed by atoms with E-state index in [1.165, 1.54) is 11.8 Å². The van der Waals surface area contributed by atoms with E-state index >= 15 is 0 Å². The number of alkyl halides is 3. The van der Waals surface area contributed by atoms with Crippen molar-refractivity contribution in [2.24, 2.45) is 0 Å². The molecule has 10 heteroatoms. The lowest BCUT2D eigenvalue weighted by Gasteiger charge is -2.26. The topological polar surface area (TPSA) is 58.6 Å². The van der Waals surface area contributed by atoms with E-state index in [4.69, 9.17) is 51.8 Å². The number of fused-ring (bicyclic) bond motifs is 1. The van der Waals surface area contributed by atoms with E-state index in [1.807, 2.05) is 37.3 Å². The minimum Gasteiger partial charge on any atom is -0.466 e. The predicted molar refractivity (Wildman–Crippen MR) is 148 cm³/mol. The van der Waals surface area contributed by atoms with Gasteiger partial charge in [0.1, 0.15) is 10.1 Å². The van der Waals surface area contributed by atoms with Crippen molar-refractivity contribution < 1.29 is 14.3 Å². The number of ether oxygens (including phenoxy) is 1. The Morgan fingerprint density at radius 3 is 2.46 bits per heavy atom. The maximum atomic E-state index is 13.0. The van der Waals surface area contributed by atoms with E-state index < -0.39 is 15.9 Å². The summed E-state index contributed by atoms with van der Waals surface area (Å²) in [6, 6.07) is 19.8. The summed E-state index contributed by atoms with van der Waals surface area (Å²) in [6.07, 6.45) is 0.499. The second-order valence-corrected chi connectivity index (χ2v) is 11.6. The van der Waals surface area contributed by atoms with Crippen LogP contribution in [0.4, 0.5) is 0 Å². The van der Waals surface area contributed by atoms with E-state index in [0.29, 0.717) is 27.1 Å². The molecule has 1 aliphatic rings. The van der Waals surface area contributed by atoms with Crippen molar-refractivity contribution in [3.63, 3.8) is 0 Å². The van der Waals surface area contributed by atoms with Crippen molar-refractivity contribution in [1.82, 2.24) is 10.2 Å². The number of likely N-dealkylation sites (N-methyl/N-ethyl adjacent to an activating group) is 1. The quantitative estimate of drug-likeness (QED) is 0.159. The number of nitrogens with one attached hydrogen (secondary N) is 1. The fourth-order valence-corrected chi connectivity index (χ4v) is 5.18. The molecule has 1 aliphatic heterocycles. The first-order chi connectivity index (χ1) is 16.7. The Morgan fingerprint density at radius 2 is 1.80 bits per heavy atom. The van der Waals surface area contributed by atoms with E-state index in [2.05, 4.69) is 5.32 Å². The van der Waals surface area contributed by atoms with Crippen molar-refractivity contribution in [2.75, 3.05) is 6.54 Å². The fourth-order valence-electron chi connectivity index (χ4n) is 3.50. The molecule has 0 unspecified atom stereocenters. The van der Waals surface area contributed by atoms with Crippen LogP contribution in [0.3, 0.4) is 0 Å². The number of nitrogens with zero attached hydrogens (tertiary/aromatic N) is 1. The van der Waals surface area contributed by atoms with Gasteiger partial charge in [0.15, 0.2) is 0 Å². The highest BCUT2D eigenvalue weighted by molar-refractivity contribution is 8.26. The largest absolute Gasteiger partial charge is 0.466 e. The van der Waals surface area contributed by atoms with Gasteiger partial charge in [0.2, 0.25) is 10.0 Å². The van der Waals surface area contributed by atoms with Crippen LogP contribution in [0.1, 0.15) is 22.8 Å². The molecule has 0 aliphatic carbocycles. The summed E-state index contributed by atoms with van der Waals surface area (Å²) >= 11 is 24.9. The molecule has 3 aromatic rings. The molecule has 1 N–H and O–H groups in total. The highest BCUT2D eigenvalue weighted by Crippen LogP contribution is 2.34. The molecule has 0 saturated carbocycles. The number of carbonyl (C=O) groups excluding carboxylic acids is 2. The Kier molecular flexibility index (Phi) is 7.93. The summed E-state index contributed by atoms with van der Waals surface area (Å²) in [5, 5.41) is 4.36. The predicted octanol–water partition coefficient (Wildman–Crippen LogP) is 6.57. The van der Waals surface area contributed by atoms with Crippen molar-refractivity contribution in [2.45, 2.75) is 16.9 Å². The van der Waals surface area contributed by atoms with Gasteiger partial charge in [-0.2, -0.15) is 0 Å². The van der Waals surface area contributed by atoms with E-state index in [0.717, 1.165) is 16.3 Å². The molecule has 1 fully saturated rings. The van der Waals surface area contributed by atoms with Gasteiger partial charge in [-0.3, -0.25) is 14.5 Å². The molecule has 4 rings (SSSR count). The number of rotatable bonds is 6. The zero-order valence-electron chi connectivity index (χ0n) is 18.3. The van der Waals surface area contributed by atoms with Gasteiger partial charge in [0, 0.05) is 12.1 Å². The lowest BCUT2D eigenvalue weighted by atomic mass is 10.0. The highest BCUT2D eigenvalue weighted by Gasteiger charge is 2.36. The highest BCUT2D eigenvalue weighted by atomic mass is 35.6. The molecule has 35 heavy (non-hydrogen) atoms. The number of thioether (sulfide) groups is 1. The molecule has 0 aromatic heterocycles. The second-order valence-electron chi connectivity index (χ2n) is 7.53. The lowest BCUT2D eigenvalue weighted by molar-refractivity contribution is -0.121. The van der Waals surface area contributed by atoms with Crippen LogP contribution in [0.15, 0.2) is 71.6 Å². The van der Waals surface area contributed by atoms with Gasteiger partial charge in [-0.05, 0) is 47.5 Å². The Balaban J connectivity index is 1.51. The molecule has 3 aromatic carbocycles.